The highest BCUT2D eigenvalue weighted by molar-refractivity contribution is 5.97. The normalized spacial score (nSPS) is 13.4. The van der Waals surface area contributed by atoms with E-state index in [2.05, 4.69) is 31.4 Å². The maximum atomic E-state index is 12.4. The van der Waals surface area contributed by atoms with Crippen LogP contribution in [-0.2, 0) is 14.9 Å². The molecule has 2 aromatic carbocycles. The van der Waals surface area contributed by atoms with E-state index in [9.17, 15) is 9.59 Å². The highest BCUT2D eigenvalue weighted by atomic mass is 16.5. The molecule has 0 heterocycles. The summed E-state index contributed by atoms with van der Waals surface area (Å²) in [5.41, 5.74) is 2.87. The number of rotatable bonds is 9. The lowest BCUT2D eigenvalue weighted by Crippen LogP contribution is -2.45. The van der Waals surface area contributed by atoms with Crippen molar-refractivity contribution in [2.45, 2.75) is 58.6 Å². The van der Waals surface area contributed by atoms with E-state index in [0.717, 1.165) is 11.1 Å². The van der Waals surface area contributed by atoms with Crippen molar-refractivity contribution < 1.29 is 14.3 Å². The van der Waals surface area contributed by atoms with Gasteiger partial charge in [0.15, 0.2) is 0 Å². The first-order chi connectivity index (χ1) is 14.2. The molecule has 0 bridgehead atoms. The Balaban J connectivity index is 1.69. The molecular weight excluding hydrogens is 376 g/mol. The number of ether oxygens (including phenoxy) is 1. The number of carbonyl (C=O) groups is 2. The molecule has 2 rings (SSSR count). The molecule has 162 valence electrons. The van der Waals surface area contributed by atoms with Gasteiger partial charge in [-0.3, -0.25) is 9.59 Å². The van der Waals surface area contributed by atoms with Gasteiger partial charge < -0.3 is 15.4 Å². The lowest BCUT2D eigenvalue weighted by atomic mass is 9.86. The molecule has 2 amide bonds. The van der Waals surface area contributed by atoms with E-state index in [1.807, 2.05) is 49.4 Å². The van der Waals surface area contributed by atoms with Crippen LogP contribution >= 0.6 is 0 Å². The Morgan fingerprint density at radius 1 is 0.967 bits per heavy atom. The second kappa shape index (κ2) is 10.9. The number of carbonyl (C=O) groups excluding carboxylic acids is 2. The summed E-state index contributed by atoms with van der Waals surface area (Å²) >= 11 is 0. The number of benzene rings is 2. The van der Waals surface area contributed by atoms with E-state index in [4.69, 9.17) is 4.74 Å². The maximum absolute atomic E-state index is 12.4. The molecule has 2 N–H and O–H groups in total. The van der Waals surface area contributed by atoms with Crippen LogP contribution in [0.3, 0.4) is 0 Å². The zero-order chi connectivity index (χ0) is 22.1. The van der Waals surface area contributed by atoms with E-state index in [1.54, 1.807) is 19.1 Å². The minimum Gasteiger partial charge on any atom is -0.374 e. The highest BCUT2D eigenvalue weighted by Crippen LogP contribution is 2.22. The lowest BCUT2D eigenvalue weighted by Gasteiger charge is -2.19. The van der Waals surface area contributed by atoms with Crippen molar-refractivity contribution in [3.05, 3.63) is 71.3 Å². The fraction of sp³-hybridized carbons (Fsp3) is 0.440. The second-order valence-electron chi connectivity index (χ2n) is 8.59. The third kappa shape index (κ3) is 7.30. The number of nitrogens with one attached hydrogen (secondary N) is 2. The molecule has 2 unspecified atom stereocenters. The summed E-state index contributed by atoms with van der Waals surface area (Å²) in [4.78, 5) is 24.6. The number of amides is 2. The molecule has 0 spiro atoms. The molecule has 0 aliphatic carbocycles. The zero-order valence-electron chi connectivity index (χ0n) is 18.7. The summed E-state index contributed by atoms with van der Waals surface area (Å²) in [6.07, 6.45) is 0.725. The maximum Gasteiger partial charge on any atom is 0.251 e. The van der Waals surface area contributed by atoms with E-state index >= 15 is 0 Å². The summed E-state index contributed by atoms with van der Waals surface area (Å²) in [6.45, 7) is 11.1. The molecule has 30 heavy (non-hydrogen) atoms. The molecule has 0 aliphatic rings. The van der Waals surface area contributed by atoms with Gasteiger partial charge in [-0.05, 0) is 48.9 Å². The zero-order valence-corrected chi connectivity index (χ0v) is 18.7. The van der Waals surface area contributed by atoms with Crippen LogP contribution in [0.15, 0.2) is 54.6 Å². The molecule has 0 aliphatic heterocycles. The van der Waals surface area contributed by atoms with E-state index in [0.29, 0.717) is 25.1 Å². The van der Waals surface area contributed by atoms with Crippen LogP contribution in [0.25, 0.3) is 0 Å². The highest BCUT2D eigenvalue weighted by Gasteiger charge is 2.18. The van der Waals surface area contributed by atoms with Crippen molar-refractivity contribution in [2.75, 3.05) is 13.2 Å². The van der Waals surface area contributed by atoms with Crippen molar-refractivity contribution in [3.63, 3.8) is 0 Å². The van der Waals surface area contributed by atoms with Gasteiger partial charge in [0.25, 0.3) is 5.91 Å². The molecule has 2 atom stereocenters. The first kappa shape index (κ1) is 23.6. The van der Waals surface area contributed by atoms with Gasteiger partial charge >= 0.3 is 0 Å². The predicted molar refractivity (Wildman–Crippen MR) is 121 cm³/mol. The second-order valence-corrected chi connectivity index (χ2v) is 8.59. The predicted octanol–water partition coefficient (Wildman–Crippen LogP) is 4.39. The summed E-state index contributed by atoms with van der Waals surface area (Å²) in [5.74, 6) is -0.455. The van der Waals surface area contributed by atoms with Crippen LogP contribution in [0.4, 0.5) is 0 Å². The van der Waals surface area contributed by atoms with Crippen molar-refractivity contribution in [1.82, 2.24) is 10.6 Å². The molecule has 0 saturated carbocycles. The van der Waals surface area contributed by atoms with E-state index in [1.165, 1.54) is 0 Å². The first-order valence-corrected chi connectivity index (χ1v) is 10.5. The molecule has 5 nitrogen and oxygen atoms in total. The first-order valence-electron chi connectivity index (χ1n) is 10.5. The molecule has 0 fully saturated rings. The summed E-state index contributed by atoms with van der Waals surface area (Å²) in [5, 5.41) is 5.60. The van der Waals surface area contributed by atoms with Gasteiger partial charge in [0.2, 0.25) is 5.91 Å². The summed E-state index contributed by atoms with van der Waals surface area (Å²) < 4.78 is 5.81. The lowest BCUT2D eigenvalue weighted by molar-refractivity contribution is -0.122. The largest absolute Gasteiger partial charge is 0.374 e. The van der Waals surface area contributed by atoms with Crippen LogP contribution in [0, 0.1) is 0 Å². The average Bonchev–Trinajstić information content (AvgIpc) is 2.73. The fourth-order valence-electron chi connectivity index (χ4n) is 2.98. The number of hydrogen-bond acceptors (Lipinski definition) is 3. The quantitative estimate of drug-likeness (QED) is 0.603. The van der Waals surface area contributed by atoms with Crippen molar-refractivity contribution in [1.29, 1.82) is 0 Å². The van der Waals surface area contributed by atoms with Gasteiger partial charge in [0.05, 0.1) is 6.10 Å². The Labute approximate surface area is 180 Å². The Kier molecular flexibility index (Phi) is 8.60. The van der Waals surface area contributed by atoms with Crippen LogP contribution in [0.1, 0.15) is 68.6 Å². The van der Waals surface area contributed by atoms with Crippen molar-refractivity contribution in [3.8, 4) is 0 Å². The minimum absolute atomic E-state index is 0.0183. The molecular formula is C25H34N2O3. The minimum atomic E-state index is -0.607. The molecule has 5 heteroatoms. The Hall–Kier alpha value is -2.66. The molecule has 2 aromatic rings. The van der Waals surface area contributed by atoms with E-state index < -0.39 is 6.04 Å². The van der Waals surface area contributed by atoms with Crippen molar-refractivity contribution in [2.24, 2.45) is 0 Å². The SMILES string of the molecule is CC(NC(=O)c1ccc(C(C)(C)C)cc1)C(=O)NCCCOC(C)c1ccccc1. The Morgan fingerprint density at radius 2 is 1.60 bits per heavy atom. The van der Waals surface area contributed by atoms with E-state index in [-0.39, 0.29) is 23.3 Å². The van der Waals surface area contributed by atoms with Crippen LogP contribution < -0.4 is 10.6 Å². The van der Waals surface area contributed by atoms with Crippen LogP contribution in [0.2, 0.25) is 0 Å². The van der Waals surface area contributed by atoms with Crippen molar-refractivity contribution >= 4 is 11.8 Å². The standard InChI is InChI=1S/C25H34N2O3/c1-18(27-24(29)21-12-14-22(15-13-21)25(3,4)5)23(28)26-16-9-17-30-19(2)20-10-7-6-8-11-20/h6-8,10-15,18-19H,9,16-17H2,1-5H3,(H,26,28)(H,27,29). The third-order valence-electron chi connectivity index (χ3n) is 5.01. The van der Waals surface area contributed by atoms with Gasteiger partial charge in [-0.15, -0.1) is 0 Å². The van der Waals surface area contributed by atoms with Crippen LogP contribution in [0.5, 0.6) is 0 Å². The topological polar surface area (TPSA) is 67.4 Å². The van der Waals surface area contributed by atoms with Gasteiger partial charge in [0, 0.05) is 18.7 Å². The smallest absolute Gasteiger partial charge is 0.251 e. The Morgan fingerprint density at radius 3 is 2.20 bits per heavy atom. The monoisotopic (exact) mass is 410 g/mol. The van der Waals surface area contributed by atoms with Gasteiger partial charge in [0.1, 0.15) is 6.04 Å². The number of hydrogen-bond donors (Lipinski definition) is 2. The summed E-state index contributed by atoms with van der Waals surface area (Å²) in [7, 11) is 0. The molecule has 0 radical (unpaired) electrons. The summed E-state index contributed by atoms with van der Waals surface area (Å²) in [6, 6.07) is 16.9. The fourth-order valence-corrected chi connectivity index (χ4v) is 2.98. The molecule has 0 saturated heterocycles. The third-order valence-corrected chi connectivity index (χ3v) is 5.01. The average molecular weight is 411 g/mol. The van der Waals surface area contributed by atoms with Crippen LogP contribution in [-0.4, -0.2) is 31.0 Å². The van der Waals surface area contributed by atoms with Gasteiger partial charge in [-0.2, -0.15) is 0 Å². The molecule has 0 aromatic heterocycles. The van der Waals surface area contributed by atoms with Gasteiger partial charge in [-0.1, -0.05) is 63.2 Å². The Bertz CT molecular complexity index is 811. The van der Waals surface area contributed by atoms with Gasteiger partial charge in [-0.25, -0.2) is 0 Å².